The maximum Gasteiger partial charge on any atom is 0.227 e. The van der Waals surface area contributed by atoms with Gasteiger partial charge in [-0.2, -0.15) is 4.98 Å². The topological polar surface area (TPSA) is 90.1 Å². The molecule has 1 atom stereocenters. The quantitative estimate of drug-likeness (QED) is 0.866. The Morgan fingerprint density at radius 2 is 2.41 bits per heavy atom. The first kappa shape index (κ1) is 14.6. The van der Waals surface area contributed by atoms with Crippen LogP contribution in [0.3, 0.4) is 0 Å². The third kappa shape index (κ3) is 3.88. The molecule has 0 unspecified atom stereocenters. The minimum absolute atomic E-state index is 0.0309. The van der Waals surface area contributed by atoms with Crippen molar-refractivity contribution in [3.63, 3.8) is 0 Å². The minimum atomic E-state index is -0.0309. The largest absolute Gasteiger partial charge is 0.376 e. The molecule has 7 nitrogen and oxygen atoms in total. The Bertz CT molecular complexity index is 608. The van der Waals surface area contributed by atoms with Gasteiger partial charge in [0.1, 0.15) is 0 Å². The fourth-order valence-corrected chi connectivity index (χ4v) is 2.31. The maximum atomic E-state index is 11.8. The lowest BCUT2D eigenvalue weighted by Gasteiger charge is -2.09. The summed E-state index contributed by atoms with van der Waals surface area (Å²) < 4.78 is 10.6. The number of hydrogen-bond acceptors (Lipinski definition) is 6. The summed E-state index contributed by atoms with van der Waals surface area (Å²) in [5.41, 5.74) is 0.792. The molecule has 7 heteroatoms. The highest BCUT2D eigenvalue weighted by Gasteiger charge is 2.16. The molecule has 1 amide bonds. The lowest BCUT2D eigenvalue weighted by atomic mass is 10.2. The lowest BCUT2D eigenvalue weighted by molar-refractivity contribution is -0.121. The fraction of sp³-hybridized carbons (Fsp3) is 0.467. The number of carbonyl (C=O) groups excluding carboxylic acids is 1. The highest BCUT2D eigenvalue weighted by molar-refractivity contribution is 5.76. The molecule has 2 aromatic heterocycles. The number of nitrogens with one attached hydrogen (secondary N) is 1. The number of amides is 1. The summed E-state index contributed by atoms with van der Waals surface area (Å²) in [6, 6.07) is 3.67. The zero-order valence-corrected chi connectivity index (χ0v) is 12.2. The van der Waals surface area contributed by atoms with Crippen LogP contribution in [0.4, 0.5) is 0 Å². The highest BCUT2D eigenvalue weighted by atomic mass is 16.5. The van der Waals surface area contributed by atoms with Crippen molar-refractivity contribution in [1.82, 2.24) is 20.4 Å². The molecule has 1 N–H and O–H groups in total. The summed E-state index contributed by atoms with van der Waals surface area (Å²) in [5, 5.41) is 6.77. The molecule has 1 saturated heterocycles. The number of nitrogens with zero attached hydrogens (tertiary/aromatic N) is 3. The van der Waals surface area contributed by atoms with Crippen molar-refractivity contribution in [1.29, 1.82) is 0 Å². The summed E-state index contributed by atoms with van der Waals surface area (Å²) in [4.78, 5) is 20.1. The van der Waals surface area contributed by atoms with Crippen molar-refractivity contribution in [3.05, 3.63) is 30.4 Å². The smallest absolute Gasteiger partial charge is 0.227 e. The SMILES string of the molecule is O=C(CCc1nc(-c2cccnc2)no1)NC[C@@H]1CCCO1. The van der Waals surface area contributed by atoms with E-state index in [-0.39, 0.29) is 12.0 Å². The van der Waals surface area contributed by atoms with E-state index in [1.54, 1.807) is 12.4 Å². The van der Waals surface area contributed by atoms with E-state index < -0.39 is 0 Å². The molecule has 2 aromatic rings. The van der Waals surface area contributed by atoms with Gasteiger partial charge < -0.3 is 14.6 Å². The Morgan fingerprint density at radius 1 is 1.45 bits per heavy atom. The summed E-state index contributed by atoms with van der Waals surface area (Å²) in [5.74, 6) is 0.908. The molecule has 1 fully saturated rings. The van der Waals surface area contributed by atoms with Gasteiger partial charge in [0.25, 0.3) is 0 Å². The van der Waals surface area contributed by atoms with Crippen LogP contribution < -0.4 is 5.32 Å². The van der Waals surface area contributed by atoms with Crippen LogP contribution in [0.2, 0.25) is 0 Å². The van der Waals surface area contributed by atoms with E-state index in [0.29, 0.717) is 31.1 Å². The molecule has 116 valence electrons. The third-order valence-electron chi connectivity index (χ3n) is 3.50. The highest BCUT2D eigenvalue weighted by Crippen LogP contribution is 2.14. The van der Waals surface area contributed by atoms with Gasteiger partial charge in [-0.1, -0.05) is 5.16 Å². The van der Waals surface area contributed by atoms with Crippen molar-refractivity contribution in [2.75, 3.05) is 13.2 Å². The van der Waals surface area contributed by atoms with Crippen LogP contribution in [-0.2, 0) is 16.0 Å². The molecule has 3 rings (SSSR count). The normalized spacial score (nSPS) is 17.5. The van der Waals surface area contributed by atoms with Crippen molar-refractivity contribution in [3.8, 4) is 11.4 Å². The average Bonchev–Trinajstić information content (AvgIpc) is 3.23. The molecular weight excluding hydrogens is 284 g/mol. The van der Waals surface area contributed by atoms with E-state index in [4.69, 9.17) is 9.26 Å². The van der Waals surface area contributed by atoms with Crippen LogP contribution in [0.5, 0.6) is 0 Å². The summed E-state index contributed by atoms with van der Waals surface area (Å²) in [7, 11) is 0. The van der Waals surface area contributed by atoms with Crippen molar-refractivity contribution < 1.29 is 14.1 Å². The number of pyridine rings is 1. The zero-order chi connectivity index (χ0) is 15.2. The molecule has 0 aromatic carbocycles. The average molecular weight is 302 g/mol. The molecular formula is C15H18N4O3. The molecule has 1 aliphatic heterocycles. The lowest BCUT2D eigenvalue weighted by Crippen LogP contribution is -2.31. The standard InChI is InChI=1S/C15H18N4O3/c20-13(17-10-12-4-2-8-21-12)5-6-14-18-15(19-22-14)11-3-1-7-16-9-11/h1,3,7,9,12H,2,4-6,8,10H2,(H,17,20)/t12-/m0/s1. The van der Waals surface area contributed by atoms with Crippen LogP contribution in [0.25, 0.3) is 11.4 Å². The molecule has 0 bridgehead atoms. The van der Waals surface area contributed by atoms with Gasteiger partial charge in [0.05, 0.1) is 6.10 Å². The Balaban J connectivity index is 1.45. The third-order valence-corrected chi connectivity index (χ3v) is 3.50. The first-order valence-corrected chi connectivity index (χ1v) is 7.42. The van der Waals surface area contributed by atoms with Crippen molar-refractivity contribution in [2.45, 2.75) is 31.8 Å². The summed E-state index contributed by atoms with van der Waals surface area (Å²) >= 11 is 0. The van der Waals surface area contributed by atoms with Crippen LogP contribution >= 0.6 is 0 Å². The van der Waals surface area contributed by atoms with E-state index in [1.165, 1.54) is 0 Å². The minimum Gasteiger partial charge on any atom is -0.376 e. The van der Waals surface area contributed by atoms with E-state index in [9.17, 15) is 4.79 Å². The number of ether oxygens (including phenoxy) is 1. The molecule has 1 aliphatic rings. The second-order valence-electron chi connectivity index (χ2n) is 5.19. The number of carbonyl (C=O) groups is 1. The van der Waals surface area contributed by atoms with Crippen LogP contribution in [0.15, 0.2) is 29.0 Å². The van der Waals surface area contributed by atoms with Gasteiger partial charge in [-0.15, -0.1) is 0 Å². The van der Waals surface area contributed by atoms with Gasteiger partial charge in [0.15, 0.2) is 0 Å². The summed E-state index contributed by atoms with van der Waals surface area (Å²) in [6.07, 6.45) is 6.33. The molecule has 0 aliphatic carbocycles. The van der Waals surface area contributed by atoms with Gasteiger partial charge in [-0.25, -0.2) is 0 Å². The number of aromatic nitrogens is 3. The summed E-state index contributed by atoms with van der Waals surface area (Å²) in [6.45, 7) is 1.36. The van der Waals surface area contributed by atoms with Crippen LogP contribution in [-0.4, -0.2) is 40.3 Å². The Labute approximate surface area is 128 Å². The van der Waals surface area contributed by atoms with Gasteiger partial charge in [-0.3, -0.25) is 9.78 Å². The van der Waals surface area contributed by atoms with Gasteiger partial charge in [0.2, 0.25) is 17.6 Å². The van der Waals surface area contributed by atoms with Crippen LogP contribution in [0.1, 0.15) is 25.2 Å². The van der Waals surface area contributed by atoms with Gasteiger partial charge in [-0.05, 0) is 25.0 Å². The monoisotopic (exact) mass is 302 g/mol. The predicted octanol–water partition coefficient (Wildman–Crippen LogP) is 1.36. The number of rotatable bonds is 6. The first-order chi connectivity index (χ1) is 10.8. The Kier molecular flexibility index (Phi) is 4.75. The Morgan fingerprint density at radius 3 is 3.18 bits per heavy atom. The van der Waals surface area contributed by atoms with E-state index in [0.717, 1.165) is 25.0 Å². The van der Waals surface area contributed by atoms with Gasteiger partial charge in [0, 0.05) is 44.0 Å². The second kappa shape index (κ2) is 7.13. The van der Waals surface area contributed by atoms with Crippen LogP contribution in [0, 0.1) is 0 Å². The first-order valence-electron chi connectivity index (χ1n) is 7.42. The van der Waals surface area contributed by atoms with Crippen molar-refractivity contribution in [2.24, 2.45) is 0 Å². The van der Waals surface area contributed by atoms with E-state index >= 15 is 0 Å². The van der Waals surface area contributed by atoms with E-state index in [1.807, 2.05) is 12.1 Å². The van der Waals surface area contributed by atoms with E-state index in [2.05, 4.69) is 20.4 Å². The zero-order valence-electron chi connectivity index (χ0n) is 12.2. The molecule has 3 heterocycles. The number of aryl methyl sites for hydroxylation is 1. The molecule has 0 saturated carbocycles. The Hall–Kier alpha value is -2.28. The van der Waals surface area contributed by atoms with Gasteiger partial charge >= 0.3 is 0 Å². The fourth-order valence-electron chi connectivity index (χ4n) is 2.31. The maximum absolute atomic E-state index is 11.8. The molecule has 22 heavy (non-hydrogen) atoms. The molecule has 0 spiro atoms. The number of hydrogen-bond donors (Lipinski definition) is 1. The van der Waals surface area contributed by atoms with Crippen molar-refractivity contribution >= 4 is 5.91 Å². The second-order valence-corrected chi connectivity index (χ2v) is 5.19. The predicted molar refractivity (Wildman–Crippen MR) is 77.8 cm³/mol. The molecule has 0 radical (unpaired) electrons.